The van der Waals surface area contributed by atoms with E-state index < -0.39 is 17.6 Å². The summed E-state index contributed by atoms with van der Waals surface area (Å²) in [6.07, 6.45) is 1.69. The summed E-state index contributed by atoms with van der Waals surface area (Å²) in [7, 11) is 0. The van der Waals surface area contributed by atoms with Gasteiger partial charge >= 0.3 is 17.6 Å². The van der Waals surface area contributed by atoms with E-state index in [0.717, 1.165) is 24.6 Å². The fraction of sp³-hybridized carbons (Fsp3) is 0.500. The lowest BCUT2D eigenvalue weighted by molar-refractivity contribution is -0.140. The molecule has 2 N–H and O–H groups in total. The number of rotatable bonds is 7. The number of hydrogen-bond acceptors (Lipinski definition) is 6. The molecule has 0 saturated heterocycles. The molecule has 0 aliphatic rings. The third-order valence-electron chi connectivity index (χ3n) is 2.39. The normalized spacial score (nSPS) is 10.3. The Morgan fingerprint density at radius 1 is 1.45 bits per heavy atom. The molecule has 0 radical (unpaired) electrons. The zero-order valence-electron chi connectivity index (χ0n) is 11.3. The molecule has 0 spiro atoms. The number of nitrogens with zero attached hydrogens (tertiary/aromatic N) is 1. The zero-order chi connectivity index (χ0) is 15.1. The van der Waals surface area contributed by atoms with Gasteiger partial charge in [-0.15, -0.1) is 0 Å². The molecule has 0 atom stereocenters. The molecule has 0 aliphatic carbocycles. The maximum atomic E-state index is 11.4. The molecule has 0 aromatic carbocycles. The molecular weight excluding hydrogens is 284 g/mol. The summed E-state index contributed by atoms with van der Waals surface area (Å²) < 4.78 is 4.94. The summed E-state index contributed by atoms with van der Waals surface area (Å²) in [5.41, 5.74) is -0.537. The van der Waals surface area contributed by atoms with Gasteiger partial charge in [-0.25, -0.2) is 9.59 Å². The lowest BCUT2D eigenvalue weighted by atomic mass is 10.2. The summed E-state index contributed by atoms with van der Waals surface area (Å²) in [6.45, 7) is 3.78. The summed E-state index contributed by atoms with van der Waals surface area (Å²) in [4.78, 5) is 39.7. The summed E-state index contributed by atoms with van der Waals surface area (Å²) in [5.74, 6) is -1.74. The lowest BCUT2D eigenvalue weighted by Gasteiger charge is -2.07. The highest BCUT2D eigenvalue weighted by atomic mass is 32.2. The van der Waals surface area contributed by atoms with Crippen LogP contribution in [0, 0.1) is 6.92 Å². The van der Waals surface area contributed by atoms with Gasteiger partial charge in [0.05, 0.1) is 12.4 Å². The number of unbranched alkanes of at least 4 members (excludes halogenated alkanes) is 1. The van der Waals surface area contributed by atoms with Crippen molar-refractivity contribution < 1.29 is 19.4 Å². The van der Waals surface area contributed by atoms with E-state index in [1.807, 2.05) is 6.92 Å². The second-order valence-corrected chi connectivity index (χ2v) is 4.98. The van der Waals surface area contributed by atoms with E-state index in [9.17, 15) is 14.4 Å². The number of carbonyl (C=O) groups excluding carboxylic acids is 1. The Hall–Kier alpha value is -1.83. The van der Waals surface area contributed by atoms with Crippen LogP contribution in [0.4, 0.5) is 0 Å². The van der Waals surface area contributed by atoms with E-state index in [1.54, 1.807) is 0 Å². The monoisotopic (exact) mass is 300 g/mol. The third-order valence-corrected chi connectivity index (χ3v) is 3.34. The average molecular weight is 300 g/mol. The number of hydrogen-bond donors (Lipinski definition) is 2. The van der Waals surface area contributed by atoms with Crippen LogP contribution in [0.2, 0.25) is 0 Å². The Labute approximate surface area is 119 Å². The SMILES string of the molecule is CCCCOC(=O)CSc1nc(=O)[nH]c(C)c1C(=O)O. The summed E-state index contributed by atoms with van der Waals surface area (Å²) in [5, 5.41) is 9.10. The first-order valence-corrected chi connectivity index (χ1v) is 7.07. The number of esters is 1. The van der Waals surface area contributed by atoms with Gasteiger partial charge in [0, 0.05) is 5.69 Å². The molecule has 110 valence electrons. The first kappa shape index (κ1) is 16.2. The van der Waals surface area contributed by atoms with Gasteiger partial charge in [-0.1, -0.05) is 25.1 Å². The van der Waals surface area contributed by atoms with Crippen molar-refractivity contribution in [3.05, 3.63) is 21.7 Å². The number of thioether (sulfide) groups is 1. The van der Waals surface area contributed by atoms with Crippen LogP contribution in [0.25, 0.3) is 0 Å². The largest absolute Gasteiger partial charge is 0.478 e. The predicted octanol–water partition coefficient (Wildman–Crippen LogP) is 1.21. The van der Waals surface area contributed by atoms with Gasteiger partial charge in [0.1, 0.15) is 10.6 Å². The van der Waals surface area contributed by atoms with Crippen molar-refractivity contribution >= 4 is 23.7 Å². The van der Waals surface area contributed by atoms with Crippen LogP contribution < -0.4 is 5.69 Å². The van der Waals surface area contributed by atoms with Gasteiger partial charge in [-0.3, -0.25) is 4.79 Å². The highest BCUT2D eigenvalue weighted by Gasteiger charge is 2.18. The predicted molar refractivity (Wildman–Crippen MR) is 73.1 cm³/mol. The average Bonchev–Trinajstić information content (AvgIpc) is 2.35. The zero-order valence-corrected chi connectivity index (χ0v) is 12.1. The molecule has 7 nitrogen and oxygen atoms in total. The van der Waals surface area contributed by atoms with Crippen molar-refractivity contribution in [1.82, 2.24) is 9.97 Å². The van der Waals surface area contributed by atoms with E-state index >= 15 is 0 Å². The highest BCUT2D eigenvalue weighted by molar-refractivity contribution is 8.00. The first-order valence-electron chi connectivity index (χ1n) is 6.08. The topological polar surface area (TPSA) is 109 Å². The van der Waals surface area contributed by atoms with Crippen LogP contribution in [0.15, 0.2) is 9.82 Å². The summed E-state index contributed by atoms with van der Waals surface area (Å²) in [6, 6.07) is 0. The number of aryl methyl sites for hydroxylation is 1. The molecule has 8 heteroatoms. The van der Waals surface area contributed by atoms with Gasteiger partial charge in [0.25, 0.3) is 0 Å². The van der Waals surface area contributed by atoms with Crippen molar-refractivity contribution in [2.45, 2.75) is 31.7 Å². The number of ether oxygens (including phenoxy) is 1. The number of H-pyrrole nitrogens is 1. The Bertz CT molecular complexity index is 555. The molecule has 1 rings (SSSR count). The number of aromatic nitrogens is 2. The van der Waals surface area contributed by atoms with E-state index in [1.165, 1.54) is 6.92 Å². The van der Waals surface area contributed by atoms with Crippen molar-refractivity contribution in [2.75, 3.05) is 12.4 Å². The molecule has 1 heterocycles. The smallest absolute Gasteiger partial charge is 0.346 e. The van der Waals surface area contributed by atoms with E-state index in [0.29, 0.717) is 6.61 Å². The van der Waals surface area contributed by atoms with Crippen LogP contribution in [-0.2, 0) is 9.53 Å². The van der Waals surface area contributed by atoms with Crippen molar-refractivity contribution in [2.24, 2.45) is 0 Å². The minimum atomic E-state index is -1.20. The molecule has 1 aromatic heterocycles. The minimum Gasteiger partial charge on any atom is -0.478 e. The lowest BCUT2D eigenvalue weighted by Crippen LogP contribution is -2.19. The van der Waals surface area contributed by atoms with Gasteiger partial charge < -0.3 is 14.8 Å². The Balaban J connectivity index is 2.75. The number of aromatic amines is 1. The second kappa shape index (κ2) is 7.68. The van der Waals surface area contributed by atoms with Crippen LogP contribution in [0.5, 0.6) is 0 Å². The van der Waals surface area contributed by atoms with Crippen molar-refractivity contribution in [3.8, 4) is 0 Å². The van der Waals surface area contributed by atoms with E-state index in [-0.39, 0.29) is 22.0 Å². The quantitative estimate of drug-likeness (QED) is 0.337. The maximum absolute atomic E-state index is 11.4. The van der Waals surface area contributed by atoms with Crippen LogP contribution in [0.1, 0.15) is 35.8 Å². The van der Waals surface area contributed by atoms with Crippen LogP contribution in [-0.4, -0.2) is 39.4 Å². The molecule has 1 aromatic rings. The number of aromatic carboxylic acids is 1. The van der Waals surface area contributed by atoms with Crippen LogP contribution in [0.3, 0.4) is 0 Å². The van der Waals surface area contributed by atoms with Gasteiger partial charge in [0.2, 0.25) is 0 Å². The fourth-order valence-corrected chi connectivity index (χ4v) is 2.29. The highest BCUT2D eigenvalue weighted by Crippen LogP contribution is 2.20. The second-order valence-electron chi connectivity index (χ2n) is 4.01. The minimum absolute atomic E-state index is 0.0196. The molecule has 0 saturated carbocycles. The molecule has 0 bridgehead atoms. The molecule has 0 fully saturated rings. The molecule has 0 unspecified atom stereocenters. The number of nitrogens with one attached hydrogen (secondary N) is 1. The Morgan fingerprint density at radius 2 is 2.15 bits per heavy atom. The van der Waals surface area contributed by atoms with E-state index in [2.05, 4.69) is 9.97 Å². The van der Waals surface area contributed by atoms with Crippen molar-refractivity contribution in [3.63, 3.8) is 0 Å². The molecule has 20 heavy (non-hydrogen) atoms. The molecule has 0 amide bonds. The fourth-order valence-electron chi connectivity index (χ4n) is 1.41. The molecule has 0 aliphatic heterocycles. The van der Waals surface area contributed by atoms with Crippen molar-refractivity contribution in [1.29, 1.82) is 0 Å². The number of carboxylic acid groups (broad SMARTS) is 1. The number of carboxylic acids is 1. The van der Waals surface area contributed by atoms with Gasteiger partial charge in [0.15, 0.2) is 0 Å². The molecular formula is C12H16N2O5S. The Kier molecular flexibility index (Phi) is 6.23. The van der Waals surface area contributed by atoms with Gasteiger partial charge in [-0.2, -0.15) is 4.98 Å². The third kappa shape index (κ3) is 4.69. The summed E-state index contributed by atoms with van der Waals surface area (Å²) >= 11 is 0.883. The number of carbonyl (C=O) groups is 2. The maximum Gasteiger partial charge on any atom is 0.346 e. The van der Waals surface area contributed by atoms with E-state index in [4.69, 9.17) is 9.84 Å². The standard InChI is InChI=1S/C12H16N2O5S/c1-3-4-5-19-8(15)6-20-10-9(11(16)17)7(2)13-12(18)14-10/h3-6H2,1-2H3,(H,16,17)(H,13,14,18). The Morgan fingerprint density at radius 3 is 2.75 bits per heavy atom. The first-order chi connectivity index (χ1) is 9.45. The van der Waals surface area contributed by atoms with Gasteiger partial charge in [-0.05, 0) is 13.3 Å². The van der Waals surface area contributed by atoms with Crippen LogP contribution >= 0.6 is 11.8 Å².